The maximum atomic E-state index is 12.2. The third kappa shape index (κ3) is 4.10. The van der Waals surface area contributed by atoms with Gasteiger partial charge in [-0.1, -0.05) is 81.6 Å². The van der Waals surface area contributed by atoms with Gasteiger partial charge in [-0.2, -0.15) is 0 Å². The highest BCUT2D eigenvalue weighted by atomic mass is 79.9. The largest absolute Gasteiger partial charge is 0.772 e. The number of ether oxygens (including phenoxy) is 1. The summed E-state index contributed by atoms with van der Waals surface area (Å²) in [5, 5.41) is 0. The SMILES string of the molecule is O=CC1C(c2ccc(Br)cc2)=C(c2ccc(CS(=O)[O-])cc2)Oc2ccccc21. The van der Waals surface area contributed by atoms with Crippen LogP contribution in [-0.2, 0) is 21.6 Å². The van der Waals surface area contributed by atoms with Gasteiger partial charge < -0.3 is 14.1 Å². The van der Waals surface area contributed by atoms with Crippen LogP contribution in [0.1, 0.15) is 28.2 Å². The lowest BCUT2D eigenvalue weighted by atomic mass is 9.83. The monoisotopic (exact) mass is 467 g/mol. The Morgan fingerprint density at radius 2 is 1.62 bits per heavy atom. The Hall–Kier alpha value is -2.54. The number of halogens is 1. The predicted molar refractivity (Wildman–Crippen MR) is 116 cm³/mol. The lowest BCUT2D eigenvalue weighted by Crippen LogP contribution is -2.15. The summed E-state index contributed by atoms with van der Waals surface area (Å²) >= 11 is 1.30. The number of para-hydroxylation sites is 1. The van der Waals surface area contributed by atoms with Gasteiger partial charge in [-0.3, -0.25) is 4.21 Å². The molecule has 0 spiro atoms. The summed E-state index contributed by atoms with van der Waals surface area (Å²) in [6.07, 6.45) is 0.938. The Kier molecular flexibility index (Phi) is 5.76. The molecule has 3 aromatic rings. The van der Waals surface area contributed by atoms with Gasteiger partial charge in [0.05, 0.1) is 5.92 Å². The average Bonchev–Trinajstić information content (AvgIpc) is 2.73. The van der Waals surface area contributed by atoms with Crippen LogP contribution in [-0.4, -0.2) is 15.0 Å². The molecule has 2 unspecified atom stereocenters. The number of fused-ring (bicyclic) bond motifs is 1. The van der Waals surface area contributed by atoms with E-state index in [-0.39, 0.29) is 5.75 Å². The zero-order valence-corrected chi connectivity index (χ0v) is 17.6. The lowest BCUT2D eigenvalue weighted by Gasteiger charge is -2.28. The van der Waals surface area contributed by atoms with Crippen molar-refractivity contribution in [2.24, 2.45) is 0 Å². The third-order valence-electron chi connectivity index (χ3n) is 4.81. The van der Waals surface area contributed by atoms with Gasteiger partial charge in [-0.25, -0.2) is 0 Å². The van der Waals surface area contributed by atoms with E-state index in [1.54, 1.807) is 12.1 Å². The van der Waals surface area contributed by atoms with Crippen LogP contribution in [0.4, 0.5) is 0 Å². The fraction of sp³-hybridized carbons (Fsp3) is 0.0870. The molecule has 1 aliphatic heterocycles. The molecule has 0 N–H and O–H groups in total. The van der Waals surface area contributed by atoms with E-state index in [9.17, 15) is 13.6 Å². The molecule has 29 heavy (non-hydrogen) atoms. The molecule has 0 saturated heterocycles. The average molecular weight is 468 g/mol. The summed E-state index contributed by atoms with van der Waals surface area (Å²) in [5.41, 5.74) is 3.97. The maximum absolute atomic E-state index is 12.2. The first kappa shape index (κ1) is 19.8. The molecule has 0 fully saturated rings. The normalized spacial score (nSPS) is 16.7. The second-order valence-electron chi connectivity index (χ2n) is 6.65. The van der Waals surface area contributed by atoms with Crippen molar-refractivity contribution in [3.63, 3.8) is 0 Å². The van der Waals surface area contributed by atoms with Crippen molar-refractivity contribution in [1.29, 1.82) is 0 Å². The molecule has 1 aliphatic rings. The third-order valence-corrected chi connectivity index (χ3v) is 5.91. The second-order valence-corrected chi connectivity index (χ2v) is 8.46. The Labute approximate surface area is 179 Å². The smallest absolute Gasteiger partial charge is 0.139 e. The second kappa shape index (κ2) is 8.45. The summed E-state index contributed by atoms with van der Waals surface area (Å²) < 4.78 is 29.1. The van der Waals surface area contributed by atoms with Crippen molar-refractivity contribution in [1.82, 2.24) is 0 Å². The van der Waals surface area contributed by atoms with Gasteiger partial charge in [0.15, 0.2) is 0 Å². The van der Waals surface area contributed by atoms with E-state index < -0.39 is 17.0 Å². The van der Waals surface area contributed by atoms with Crippen molar-refractivity contribution in [3.8, 4) is 5.75 Å². The van der Waals surface area contributed by atoms with Crippen LogP contribution >= 0.6 is 15.9 Å². The van der Waals surface area contributed by atoms with Crippen molar-refractivity contribution in [2.45, 2.75) is 11.7 Å². The molecule has 0 aromatic heterocycles. The Morgan fingerprint density at radius 1 is 0.966 bits per heavy atom. The Morgan fingerprint density at radius 3 is 2.28 bits per heavy atom. The summed E-state index contributed by atoms with van der Waals surface area (Å²) in [6.45, 7) is 0. The Balaban J connectivity index is 1.88. The minimum absolute atomic E-state index is 0.0421. The zero-order chi connectivity index (χ0) is 20.4. The van der Waals surface area contributed by atoms with Crippen molar-refractivity contribution >= 4 is 44.6 Å². The van der Waals surface area contributed by atoms with Crippen LogP contribution in [0.3, 0.4) is 0 Å². The number of hydrogen-bond donors (Lipinski definition) is 0. The van der Waals surface area contributed by atoms with Crippen LogP contribution in [0.25, 0.3) is 11.3 Å². The van der Waals surface area contributed by atoms with Crippen LogP contribution in [0.2, 0.25) is 0 Å². The Bertz CT molecular complexity index is 1100. The topological polar surface area (TPSA) is 66.4 Å². The molecule has 1 heterocycles. The fourth-order valence-electron chi connectivity index (χ4n) is 3.48. The van der Waals surface area contributed by atoms with Crippen molar-refractivity contribution in [2.75, 3.05) is 0 Å². The summed E-state index contributed by atoms with van der Waals surface area (Å²) in [5.74, 6) is 0.729. The van der Waals surface area contributed by atoms with Gasteiger partial charge in [0.2, 0.25) is 0 Å². The van der Waals surface area contributed by atoms with Gasteiger partial charge in [0, 0.05) is 26.9 Å². The zero-order valence-electron chi connectivity index (χ0n) is 15.2. The van der Waals surface area contributed by atoms with E-state index in [1.807, 2.05) is 60.7 Å². The standard InChI is InChI=1S/C23H17BrO4S/c24-18-11-9-16(10-12-18)22-20(13-25)19-3-1-2-4-21(19)28-23(22)17-7-5-15(6-8-17)14-29(26)27/h1-13,20H,14H2,(H,26,27)/p-1. The number of carbonyl (C=O) groups is 1. The highest BCUT2D eigenvalue weighted by Crippen LogP contribution is 2.45. The first-order valence-electron chi connectivity index (χ1n) is 8.94. The van der Waals surface area contributed by atoms with E-state index in [0.29, 0.717) is 17.1 Å². The van der Waals surface area contributed by atoms with Gasteiger partial charge in [-0.15, -0.1) is 0 Å². The summed E-state index contributed by atoms with van der Waals surface area (Å²) in [7, 11) is 0. The molecular weight excluding hydrogens is 452 g/mol. The van der Waals surface area contributed by atoms with E-state index >= 15 is 0 Å². The number of aldehydes is 1. The quantitative estimate of drug-likeness (QED) is 0.387. The van der Waals surface area contributed by atoms with Gasteiger partial charge >= 0.3 is 0 Å². The molecule has 146 valence electrons. The fourth-order valence-corrected chi connectivity index (χ4v) is 4.21. The predicted octanol–water partition coefficient (Wildman–Crippen LogP) is 5.07. The number of benzene rings is 3. The van der Waals surface area contributed by atoms with Crippen LogP contribution in [0.5, 0.6) is 5.75 Å². The minimum Gasteiger partial charge on any atom is -0.772 e. The minimum atomic E-state index is -2.15. The summed E-state index contributed by atoms with van der Waals surface area (Å²) in [6, 6.07) is 22.4. The number of rotatable bonds is 5. The molecule has 2 atom stereocenters. The lowest BCUT2D eigenvalue weighted by molar-refractivity contribution is -0.108. The van der Waals surface area contributed by atoms with Gasteiger partial charge in [0.1, 0.15) is 17.8 Å². The molecule has 4 rings (SSSR count). The van der Waals surface area contributed by atoms with E-state index in [1.165, 1.54) is 0 Å². The van der Waals surface area contributed by atoms with Crippen molar-refractivity contribution < 1.29 is 18.3 Å². The van der Waals surface area contributed by atoms with Crippen LogP contribution in [0.15, 0.2) is 77.3 Å². The number of carbonyl (C=O) groups excluding carboxylic acids is 1. The van der Waals surface area contributed by atoms with Crippen LogP contribution in [0, 0.1) is 0 Å². The molecule has 3 aromatic carbocycles. The van der Waals surface area contributed by atoms with Crippen LogP contribution < -0.4 is 4.74 Å². The maximum Gasteiger partial charge on any atom is 0.139 e. The molecule has 0 radical (unpaired) electrons. The molecule has 0 aliphatic carbocycles. The molecule has 4 nitrogen and oxygen atoms in total. The summed E-state index contributed by atoms with van der Waals surface area (Å²) in [4.78, 5) is 12.2. The van der Waals surface area contributed by atoms with E-state index in [4.69, 9.17) is 4.74 Å². The number of hydrogen-bond acceptors (Lipinski definition) is 4. The van der Waals surface area contributed by atoms with Gasteiger partial charge in [-0.05, 0) is 29.3 Å². The number of allylic oxidation sites excluding steroid dienone is 1. The molecule has 0 saturated carbocycles. The highest BCUT2D eigenvalue weighted by Gasteiger charge is 2.31. The molecule has 0 amide bonds. The molecular formula is C23H16BrO4S-. The molecule has 6 heteroatoms. The van der Waals surface area contributed by atoms with E-state index in [2.05, 4.69) is 15.9 Å². The van der Waals surface area contributed by atoms with Gasteiger partial charge in [0.25, 0.3) is 0 Å². The molecule has 0 bridgehead atoms. The first-order chi connectivity index (χ1) is 14.1. The van der Waals surface area contributed by atoms with E-state index in [0.717, 1.165) is 33.0 Å². The highest BCUT2D eigenvalue weighted by molar-refractivity contribution is 9.10. The van der Waals surface area contributed by atoms with Crippen molar-refractivity contribution in [3.05, 3.63) is 99.5 Å². The first-order valence-corrected chi connectivity index (χ1v) is 11.0.